The lowest BCUT2D eigenvalue weighted by molar-refractivity contribution is 0.410. The quantitative estimate of drug-likeness (QED) is 0.852. The number of aryl methyl sites for hydroxylation is 1. The van der Waals surface area contributed by atoms with Crippen LogP contribution in [0.5, 0.6) is 5.75 Å². The van der Waals surface area contributed by atoms with Crippen LogP contribution in [0.25, 0.3) is 11.3 Å². The number of nitriles is 1. The van der Waals surface area contributed by atoms with Gasteiger partial charge in [-0.15, -0.1) is 0 Å². The van der Waals surface area contributed by atoms with E-state index < -0.39 is 0 Å². The van der Waals surface area contributed by atoms with Crippen LogP contribution < -0.4 is 10.5 Å². The Morgan fingerprint density at radius 1 is 1.41 bits per heavy atom. The zero-order chi connectivity index (χ0) is 12.4. The fraction of sp³-hybridized carbons (Fsp3) is 0.167. The molecule has 0 atom stereocenters. The van der Waals surface area contributed by atoms with Crippen molar-refractivity contribution in [1.82, 2.24) is 5.16 Å². The summed E-state index contributed by atoms with van der Waals surface area (Å²) in [5.74, 6) is 1.42. The summed E-state index contributed by atoms with van der Waals surface area (Å²) >= 11 is 0. The molecule has 2 N–H and O–H groups in total. The van der Waals surface area contributed by atoms with Crippen LogP contribution >= 0.6 is 0 Å². The zero-order valence-corrected chi connectivity index (χ0v) is 9.52. The van der Waals surface area contributed by atoms with Gasteiger partial charge in [-0.1, -0.05) is 5.16 Å². The molecule has 1 aromatic carbocycles. The minimum atomic E-state index is 0.312. The molecule has 0 saturated carbocycles. The maximum absolute atomic E-state index is 9.05. The number of aromatic nitrogens is 1. The lowest BCUT2D eigenvalue weighted by atomic mass is 10.0. The number of methoxy groups -OCH3 is 1. The molecule has 5 nitrogen and oxygen atoms in total. The van der Waals surface area contributed by atoms with E-state index in [9.17, 15) is 0 Å². The molecule has 0 spiro atoms. The SMILES string of the molecule is COc1c(C)cc(-c2cc(N)no2)cc1C#N. The molecule has 0 amide bonds. The van der Waals surface area contributed by atoms with Crippen molar-refractivity contribution < 1.29 is 9.26 Å². The highest BCUT2D eigenvalue weighted by molar-refractivity contribution is 5.66. The first-order valence-electron chi connectivity index (χ1n) is 4.97. The van der Waals surface area contributed by atoms with Crippen LogP contribution in [-0.4, -0.2) is 12.3 Å². The number of nitrogens with two attached hydrogens (primary N) is 1. The molecule has 1 heterocycles. The first kappa shape index (κ1) is 11.0. The van der Waals surface area contributed by atoms with E-state index in [0.29, 0.717) is 22.9 Å². The Morgan fingerprint density at radius 3 is 2.71 bits per heavy atom. The third kappa shape index (κ3) is 1.93. The second-order valence-corrected chi connectivity index (χ2v) is 3.60. The molecule has 2 aromatic rings. The number of hydrogen-bond acceptors (Lipinski definition) is 5. The third-order valence-corrected chi connectivity index (χ3v) is 2.41. The van der Waals surface area contributed by atoms with Crippen LogP contribution in [0.1, 0.15) is 11.1 Å². The Morgan fingerprint density at radius 2 is 2.18 bits per heavy atom. The molecule has 0 fully saturated rings. The molecule has 5 heteroatoms. The molecule has 0 radical (unpaired) electrons. The summed E-state index contributed by atoms with van der Waals surface area (Å²) in [6.45, 7) is 1.86. The average Bonchev–Trinajstić information content (AvgIpc) is 2.74. The minimum Gasteiger partial charge on any atom is -0.495 e. The molecule has 0 aliphatic rings. The lowest BCUT2D eigenvalue weighted by Crippen LogP contribution is -1.92. The van der Waals surface area contributed by atoms with Crippen molar-refractivity contribution in [1.29, 1.82) is 5.26 Å². The van der Waals surface area contributed by atoms with Crippen molar-refractivity contribution in [2.75, 3.05) is 12.8 Å². The molecule has 86 valence electrons. The van der Waals surface area contributed by atoms with E-state index >= 15 is 0 Å². The summed E-state index contributed by atoms with van der Waals surface area (Å²) in [7, 11) is 1.54. The summed E-state index contributed by atoms with van der Waals surface area (Å²) in [6, 6.07) is 7.25. The van der Waals surface area contributed by atoms with Crippen LogP contribution in [0.4, 0.5) is 5.82 Å². The molecule has 17 heavy (non-hydrogen) atoms. The average molecular weight is 229 g/mol. The Kier molecular flexibility index (Phi) is 2.71. The van der Waals surface area contributed by atoms with E-state index in [4.69, 9.17) is 20.3 Å². The summed E-state index contributed by atoms with van der Waals surface area (Å²) in [5.41, 5.74) is 7.55. The summed E-state index contributed by atoms with van der Waals surface area (Å²) < 4.78 is 10.2. The fourth-order valence-corrected chi connectivity index (χ4v) is 1.70. The van der Waals surface area contributed by atoms with Gasteiger partial charge in [0.1, 0.15) is 11.8 Å². The lowest BCUT2D eigenvalue weighted by Gasteiger charge is -2.07. The van der Waals surface area contributed by atoms with Gasteiger partial charge in [-0.05, 0) is 24.6 Å². The number of nitrogens with zero attached hydrogens (tertiary/aromatic N) is 2. The zero-order valence-electron chi connectivity index (χ0n) is 9.52. The van der Waals surface area contributed by atoms with E-state index in [2.05, 4.69) is 11.2 Å². The van der Waals surface area contributed by atoms with Gasteiger partial charge < -0.3 is 15.0 Å². The van der Waals surface area contributed by atoms with Crippen molar-refractivity contribution in [2.45, 2.75) is 6.92 Å². The predicted molar refractivity (Wildman–Crippen MR) is 62.4 cm³/mol. The molecule has 0 saturated heterocycles. The van der Waals surface area contributed by atoms with Crippen LogP contribution in [0.3, 0.4) is 0 Å². The van der Waals surface area contributed by atoms with Crippen molar-refractivity contribution in [3.05, 3.63) is 29.3 Å². The Hall–Kier alpha value is -2.48. The number of benzene rings is 1. The Labute approximate surface area is 98.4 Å². The van der Waals surface area contributed by atoms with Crippen LogP contribution in [0.2, 0.25) is 0 Å². The summed E-state index contributed by atoms with van der Waals surface area (Å²) in [4.78, 5) is 0. The van der Waals surface area contributed by atoms with Gasteiger partial charge in [-0.25, -0.2) is 0 Å². The molecule has 0 aliphatic carbocycles. The maximum Gasteiger partial charge on any atom is 0.169 e. The van der Waals surface area contributed by atoms with E-state index in [-0.39, 0.29) is 0 Å². The first-order chi connectivity index (χ1) is 8.15. The second-order valence-electron chi connectivity index (χ2n) is 3.60. The molecular weight excluding hydrogens is 218 g/mol. The molecule has 0 unspecified atom stereocenters. The number of rotatable bonds is 2. The van der Waals surface area contributed by atoms with Gasteiger partial charge in [-0.2, -0.15) is 5.26 Å². The van der Waals surface area contributed by atoms with Gasteiger partial charge in [0.25, 0.3) is 0 Å². The van der Waals surface area contributed by atoms with E-state index in [1.165, 1.54) is 7.11 Å². The molecule has 0 aliphatic heterocycles. The van der Waals surface area contributed by atoms with Crippen molar-refractivity contribution in [2.24, 2.45) is 0 Å². The monoisotopic (exact) mass is 229 g/mol. The van der Waals surface area contributed by atoms with Crippen molar-refractivity contribution in [3.8, 4) is 23.1 Å². The van der Waals surface area contributed by atoms with Gasteiger partial charge in [0, 0.05) is 11.6 Å². The van der Waals surface area contributed by atoms with Gasteiger partial charge in [-0.3, -0.25) is 0 Å². The standard InChI is InChI=1S/C12H11N3O2/c1-7-3-8(10-5-11(14)15-17-10)4-9(6-13)12(7)16-2/h3-5H,1-2H3,(H2,14,15). The van der Waals surface area contributed by atoms with Gasteiger partial charge >= 0.3 is 0 Å². The largest absolute Gasteiger partial charge is 0.495 e. The number of anilines is 1. The van der Waals surface area contributed by atoms with Gasteiger partial charge in [0.15, 0.2) is 11.6 Å². The minimum absolute atomic E-state index is 0.312. The predicted octanol–water partition coefficient (Wildman–Crippen LogP) is 2.11. The molecule has 2 rings (SSSR count). The third-order valence-electron chi connectivity index (χ3n) is 2.41. The second kappa shape index (κ2) is 4.18. The molecule has 0 bridgehead atoms. The highest BCUT2D eigenvalue weighted by Gasteiger charge is 2.12. The van der Waals surface area contributed by atoms with Crippen molar-refractivity contribution in [3.63, 3.8) is 0 Å². The number of nitrogen functional groups attached to an aromatic ring is 1. The maximum atomic E-state index is 9.05. The summed E-state index contributed by atoms with van der Waals surface area (Å²) in [5, 5.41) is 12.7. The van der Waals surface area contributed by atoms with E-state index in [0.717, 1.165) is 11.1 Å². The number of ether oxygens (including phenoxy) is 1. The highest BCUT2D eigenvalue weighted by Crippen LogP contribution is 2.30. The normalized spacial score (nSPS) is 9.94. The summed E-state index contributed by atoms with van der Waals surface area (Å²) in [6.07, 6.45) is 0. The number of hydrogen-bond donors (Lipinski definition) is 1. The first-order valence-corrected chi connectivity index (χ1v) is 4.97. The molecule has 1 aromatic heterocycles. The van der Waals surface area contributed by atoms with Gasteiger partial charge in [0.05, 0.1) is 12.7 Å². The Bertz CT molecular complexity index is 596. The van der Waals surface area contributed by atoms with Crippen molar-refractivity contribution >= 4 is 5.82 Å². The fourth-order valence-electron chi connectivity index (χ4n) is 1.70. The molecular formula is C12H11N3O2. The topological polar surface area (TPSA) is 85.1 Å². The Balaban J connectivity index is 2.58. The van der Waals surface area contributed by atoms with Gasteiger partial charge in [0.2, 0.25) is 0 Å². The highest BCUT2D eigenvalue weighted by atomic mass is 16.5. The van der Waals surface area contributed by atoms with Crippen LogP contribution in [0.15, 0.2) is 22.7 Å². The van der Waals surface area contributed by atoms with Crippen LogP contribution in [-0.2, 0) is 0 Å². The smallest absolute Gasteiger partial charge is 0.169 e. The van der Waals surface area contributed by atoms with E-state index in [1.54, 1.807) is 12.1 Å². The van der Waals surface area contributed by atoms with E-state index in [1.807, 2.05) is 13.0 Å². The van der Waals surface area contributed by atoms with Crippen LogP contribution in [0, 0.1) is 18.3 Å².